The third kappa shape index (κ3) is 2.19. The standard InChI is InChI=1S/C15H23NO2/c1-11-8-13(17)12(9-14(11)18-2)15(10-16)6-4-3-5-7-15/h8-9,17H,3-7,10,16H2,1-2H3. The largest absolute Gasteiger partial charge is 0.508 e. The van der Waals surface area contributed by atoms with Crippen molar-refractivity contribution in [3.8, 4) is 11.5 Å². The van der Waals surface area contributed by atoms with Gasteiger partial charge in [0, 0.05) is 17.5 Å². The first-order valence-electron chi connectivity index (χ1n) is 6.71. The van der Waals surface area contributed by atoms with E-state index in [4.69, 9.17) is 10.5 Å². The van der Waals surface area contributed by atoms with Crippen molar-refractivity contribution < 1.29 is 9.84 Å². The SMILES string of the molecule is COc1cc(C2(CN)CCCCC2)c(O)cc1C. The van der Waals surface area contributed by atoms with Crippen molar-refractivity contribution in [2.75, 3.05) is 13.7 Å². The van der Waals surface area contributed by atoms with Crippen molar-refractivity contribution in [1.29, 1.82) is 0 Å². The lowest BCUT2D eigenvalue weighted by Crippen LogP contribution is -2.37. The molecule has 0 heterocycles. The van der Waals surface area contributed by atoms with Crippen molar-refractivity contribution in [3.05, 3.63) is 23.3 Å². The fourth-order valence-corrected chi connectivity index (χ4v) is 3.13. The molecule has 3 nitrogen and oxygen atoms in total. The topological polar surface area (TPSA) is 55.5 Å². The van der Waals surface area contributed by atoms with Gasteiger partial charge in [-0.1, -0.05) is 19.3 Å². The van der Waals surface area contributed by atoms with Gasteiger partial charge < -0.3 is 15.6 Å². The van der Waals surface area contributed by atoms with Gasteiger partial charge in [-0.25, -0.2) is 0 Å². The lowest BCUT2D eigenvalue weighted by molar-refractivity contribution is 0.289. The number of ether oxygens (including phenoxy) is 1. The summed E-state index contributed by atoms with van der Waals surface area (Å²) in [6.45, 7) is 2.53. The van der Waals surface area contributed by atoms with Crippen LogP contribution >= 0.6 is 0 Å². The van der Waals surface area contributed by atoms with Gasteiger partial charge in [-0.15, -0.1) is 0 Å². The summed E-state index contributed by atoms with van der Waals surface area (Å²) in [6, 6.07) is 3.77. The van der Waals surface area contributed by atoms with Crippen LogP contribution in [0.1, 0.15) is 43.2 Å². The molecule has 18 heavy (non-hydrogen) atoms. The first kappa shape index (κ1) is 13.2. The zero-order valence-corrected chi connectivity index (χ0v) is 11.3. The van der Waals surface area contributed by atoms with Crippen molar-refractivity contribution in [1.82, 2.24) is 0 Å². The summed E-state index contributed by atoms with van der Waals surface area (Å²) in [7, 11) is 1.67. The van der Waals surface area contributed by atoms with E-state index in [1.165, 1.54) is 19.3 Å². The molecule has 100 valence electrons. The molecule has 0 bridgehead atoms. The molecule has 1 aliphatic carbocycles. The monoisotopic (exact) mass is 249 g/mol. The number of methoxy groups -OCH3 is 1. The Hall–Kier alpha value is -1.22. The number of hydrogen-bond acceptors (Lipinski definition) is 3. The Kier molecular flexibility index (Phi) is 3.81. The molecule has 1 aromatic rings. The summed E-state index contributed by atoms with van der Waals surface area (Å²) in [5.74, 6) is 1.20. The van der Waals surface area contributed by atoms with Crippen LogP contribution in [0.15, 0.2) is 12.1 Å². The molecule has 1 fully saturated rings. The van der Waals surface area contributed by atoms with Crippen LogP contribution in [-0.2, 0) is 5.41 Å². The van der Waals surface area contributed by atoms with Gasteiger partial charge in [0.15, 0.2) is 0 Å². The van der Waals surface area contributed by atoms with E-state index in [1.54, 1.807) is 13.2 Å². The van der Waals surface area contributed by atoms with Gasteiger partial charge in [0.1, 0.15) is 11.5 Å². The van der Waals surface area contributed by atoms with E-state index in [0.29, 0.717) is 12.3 Å². The lowest BCUT2D eigenvalue weighted by Gasteiger charge is -2.37. The molecule has 0 aromatic heterocycles. The molecule has 1 aliphatic rings. The molecule has 1 aromatic carbocycles. The molecule has 2 rings (SSSR count). The molecular weight excluding hydrogens is 226 g/mol. The van der Waals surface area contributed by atoms with Gasteiger partial charge in [0.2, 0.25) is 0 Å². The fourth-order valence-electron chi connectivity index (χ4n) is 3.13. The van der Waals surface area contributed by atoms with E-state index in [9.17, 15) is 5.11 Å². The van der Waals surface area contributed by atoms with Gasteiger partial charge in [0.05, 0.1) is 7.11 Å². The molecular formula is C15H23NO2. The third-order valence-electron chi connectivity index (χ3n) is 4.29. The molecule has 1 saturated carbocycles. The summed E-state index contributed by atoms with van der Waals surface area (Å²) < 4.78 is 5.37. The second-order valence-corrected chi connectivity index (χ2v) is 5.38. The Morgan fingerprint density at radius 1 is 1.28 bits per heavy atom. The molecule has 0 spiro atoms. The van der Waals surface area contributed by atoms with Crippen molar-refractivity contribution in [3.63, 3.8) is 0 Å². The molecule has 3 heteroatoms. The highest BCUT2D eigenvalue weighted by Crippen LogP contribution is 2.44. The number of nitrogens with two attached hydrogens (primary N) is 1. The summed E-state index contributed by atoms with van der Waals surface area (Å²) in [5, 5.41) is 10.2. The second kappa shape index (κ2) is 5.19. The van der Waals surface area contributed by atoms with E-state index in [0.717, 1.165) is 29.7 Å². The van der Waals surface area contributed by atoms with Crippen LogP contribution in [0.5, 0.6) is 11.5 Å². The van der Waals surface area contributed by atoms with Gasteiger partial charge >= 0.3 is 0 Å². The van der Waals surface area contributed by atoms with E-state index in [2.05, 4.69) is 0 Å². The predicted octanol–water partition coefficient (Wildman–Crippen LogP) is 2.87. The van der Waals surface area contributed by atoms with Crippen LogP contribution < -0.4 is 10.5 Å². The zero-order valence-electron chi connectivity index (χ0n) is 11.3. The maximum absolute atomic E-state index is 10.2. The second-order valence-electron chi connectivity index (χ2n) is 5.38. The maximum Gasteiger partial charge on any atom is 0.122 e. The van der Waals surface area contributed by atoms with E-state index in [-0.39, 0.29) is 5.41 Å². The predicted molar refractivity (Wildman–Crippen MR) is 73.2 cm³/mol. The number of aryl methyl sites for hydroxylation is 1. The minimum absolute atomic E-state index is 0.0662. The van der Waals surface area contributed by atoms with Crippen LogP contribution in [0.2, 0.25) is 0 Å². The van der Waals surface area contributed by atoms with E-state index >= 15 is 0 Å². The maximum atomic E-state index is 10.2. The normalized spacial score (nSPS) is 18.6. The molecule has 3 N–H and O–H groups in total. The Bertz CT molecular complexity index is 423. The molecule has 0 radical (unpaired) electrons. The van der Waals surface area contributed by atoms with Crippen molar-refractivity contribution in [2.24, 2.45) is 5.73 Å². The third-order valence-corrected chi connectivity index (χ3v) is 4.29. The Morgan fingerprint density at radius 2 is 1.94 bits per heavy atom. The van der Waals surface area contributed by atoms with Gasteiger partial charge in [0.25, 0.3) is 0 Å². The number of phenolic OH excluding ortho intramolecular Hbond substituents is 1. The summed E-state index contributed by atoms with van der Waals surface area (Å²) >= 11 is 0. The average molecular weight is 249 g/mol. The number of benzene rings is 1. The summed E-state index contributed by atoms with van der Waals surface area (Å²) in [6.07, 6.45) is 5.76. The van der Waals surface area contributed by atoms with Gasteiger partial charge in [-0.3, -0.25) is 0 Å². The fraction of sp³-hybridized carbons (Fsp3) is 0.600. The van der Waals surface area contributed by atoms with Crippen LogP contribution in [-0.4, -0.2) is 18.8 Å². The van der Waals surface area contributed by atoms with Gasteiger partial charge in [-0.05, 0) is 37.5 Å². The quantitative estimate of drug-likeness (QED) is 0.866. The molecule has 0 aliphatic heterocycles. The van der Waals surface area contributed by atoms with Crippen molar-refractivity contribution in [2.45, 2.75) is 44.4 Å². The van der Waals surface area contributed by atoms with Crippen LogP contribution in [0.4, 0.5) is 0 Å². The first-order valence-corrected chi connectivity index (χ1v) is 6.71. The van der Waals surface area contributed by atoms with Crippen LogP contribution in [0.25, 0.3) is 0 Å². The van der Waals surface area contributed by atoms with E-state index < -0.39 is 0 Å². The van der Waals surface area contributed by atoms with Crippen molar-refractivity contribution >= 4 is 0 Å². The summed E-state index contributed by atoms with van der Waals surface area (Å²) in [5.41, 5.74) is 7.88. The molecule has 0 atom stereocenters. The smallest absolute Gasteiger partial charge is 0.122 e. The molecule has 0 amide bonds. The average Bonchev–Trinajstić information content (AvgIpc) is 2.39. The van der Waals surface area contributed by atoms with E-state index in [1.807, 2.05) is 13.0 Å². The number of aromatic hydroxyl groups is 1. The zero-order chi connectivity index (χ0) is 13.2. The lowest BCUT2D eigenvalue weighted by atomic mass is 9.69. The first-order chi connectivity index (χ1) is 8.63. The minimum atomic E-state index is -0.0662. The number of phenols is 1. The number of hydrogen-bond donors (Lipinski definition) is 2. The van der Waals surface area contributed by atoms with Crippen LogP contribution in [0, 0.1) is 6.92 Å². The highest BCUT2D eigenvalue weighted by Gasteiger charge is 2.35. The Morgan fingerprint density at radius 3 is 2.50 bits per heavy atom. The Labute approximate surface area is 109 Å². The highest BCUT2D eigenvalue weighted by atomic mass is 16.5. The number of rotatable bonds is 3. The Balaban J connectivity index is 2.47. The molecule has 0 saturated heterocycles. The highest BCUT2D eigenvalue weighted by molar-refractivity contribution is 5.49. The van der Waals surface area contributed by atoms with Crippen LogP contribution in [0.3, 0.4) is 0 Å². The molecule has 0 unspecified atom stereocenters. The minimum Gasteiger partial charge on any atom is -0.508 e. The van der Waals surface area contributed by atoms with Gasteiger partial charge in [-0.2, -0.15) is 0 Å². The summed E-state index contributed by atoms with van der Waals surface area (Å²) in [4.78, 5) is 0.